The molecule has 0 spiro atoms. The number of carbonyl (C=O) groups is 2. The van der Waals surface area contributed by atoms with Crippen molar-refractivity contribution >= 4 is 11.8 Å². The Balaban J connectivity index is 2.48. The zero-order valence-corrected chi connectivity index (χ0v) is 9.95. The van der Waals surface area contributed by atoms with Crippen molar-refractivity contribution in [3.8, 4) is 0 Å². The highest BCUT2D eigenvalue weighted by Crippen LogP contribution is 2.44. The van der Waals surface area contributed by atoms with Gasteiger partial charge in [-0.25, -0.2) is 0 Å². The van der Waals surface area contributed by atoms with Crippen molar-refractivity contribution in [1.29, 1.82) is 0 Å². The molecule has 1 unspecified atom stereocenters. The summed E-state index contributed by atoms with van der Waals surface area (Å²) in [4.78, 5) is 22.7. The van der Waals surface area contributed by atoms with E-state index in [0.717, 1.165) is 12.8 Å². The molecule has 1 saturated carbocycles. The third-order valence-corrected chi connectivity index (χ3v) is 3.24. The topological polar surface area (TPSA) is 98.2 Å². The summed E-state index contributed by atoms with van der Waals surface area (Å²) < 4.78 is 0. The van der Waals surface area contributed by atoms with Crippen molar-refractivity contribution in [2.75, 3.05) is 6.54 Å². The van der Waals surface area contributed by atoms with Crippen LogP contribution in [-0.2, 0) is 9.59 Å². The Bertz CT molecular complexity index is 285. The third-order valence-electron chi connectivity index (χ3n) is 3.24. The van der Waals surface area contributed by atoms with Crippen molar-refractivity contribution < 1.29 is 9.59 Å². The Morgan fingerprint density at radius 1 is 1.50 bits per heavy atom. The molecule has 0 bridgehead atoms. The van der Waals surface area contributed by atoms with Crippen LogP contribution in [0.2, 0.25) is 0 Å². The molecular weight excluding hydrogens is 206 g/mol. The molecule has 1 fully saturated rings. The van der Waals surface area contributed by atoms with Crippen LogP contribution in [0.3, 0.4) is 0 Å². The van der Waals surface area contributed by atoms with Crippen molar-refractivity contribution in [3.63, 3.8) is 0 Å². The molecule has 0 heterocycles. The molecule has 1 rings (SSSR count). The number of nitrogens with one attached hydrogen (secondary N) is 1. The van der Waals surface area contributed by atoms with E-state index in [1.807, 2.05) is 0 Å². The van der Waals surface area contributed by atoms with E-state index in [1.54, 1.807) is 6.92 Å². The fourth-order valence-electron chi connectivity index (χ4n) is 2.45. The molecule has 2 amide bonds. The number of nitrogens with two attached hydrogens (primary N) is 2. The summed E-state index contributed by atoms with van der Waals surface area (Å²) in [5.74, 6) is 0.110. The van der Waals surface area contributed by atoms with Gasteiger partial charge in [0.05, 0.1) is 5.41 Å². The summed E-state index contributed by atoms with van der Waals surface area (Å²) in [5.41, 5.74) is 10.3. The van der Waals surface area contributed by atoms with Crippen molar-refractivity contribution in [3.05, 3.63) is 0 Å². The van der Waals surface area contributed by atoms with Gasteiger partial charge in [0.1, 0.15) is 0 Å². The Morgan fingerprint density at radius 2 is 2.06 bits per heavy atom. The van der Waals surface area contributed by atoms with E-state index in [2.05, 4.69) is 12.2 Å². The van der Waals surface area contributed by atoms with Crippen molar-refractivity contribution in [2.24, 2.45) is 22.8 Å². The molecular formula is C11H21N3O2. The number of rotatable bonds is 5. The van der Waals surface area contributed by atoms with Crippen LogP contribution < -0.4 is 16.8 Å². The van der Waals surface area contributed by atoms with Gasteiger partial charge in [0.2, 0.25) is 11.8 Å². The van der Waals surface area contributed by atoms with E-state index in [1.165, 1.54) is 0 Å². The number of hydrogen-bond donors (Lipinski definition) is 3. The molecule has 5 heteroatoms. The predicted molar refractivity (Wildman–Crippen MR) is 61.3 cm³/mol. The molecule has 16 heavy (non-hydrogen) atoms. The fourth-order valence-corrected chi connectivity index (χ4v) is 2.45. The number of carbonyl (C=O) groups excluding carboxylic acids is 2. The molecule has 0 aromatic heterocycles. The highest BCUT2D eigenvalue weighted by molar-refractivity contribution is 5.85. The van der Waals surface area contributed by atoms with Crippen molar-refractivity contribution in [2.45, 2.75) is 39.2 Å². The van der Waals surface area contributed by atoms with Gasteiger partial charge in [-0.3, -0.25) is 9.59 Å². The van der Waals surface area contributed by atoms with E-state index in [4.69, 9.17) is 11.5 Å². The first-order valence-electron chi connectivity index (χ1n) is 5.69. The van der Waals surface area contributed by atoms with Crippen LogP contribution >= 0.6 is 0 Å². The normalized spacial score (nSPS) is 30.3. The highest BCUT2D eigenvalue weighted by atomic mass is 16.2. The average molecular weight is 227 g/mol. The van der Waals surface area contributed by atoms with Crippen LogP contribution in [0.4, 0.5) is 0 Å². The zero-order chi connectivity index (χ0) is 12.3. The smallest absolute Gasteiger partial charge is 0.227 e. The van der Waals surface area contributed by atoms with Gasteiger partial charge >= 0.3 is 0 Å². The second-order valence-corrected chi connectivity index (χ2v) is 5.04. The Labute approximate surface area is 95.9 Å². The maximum Gasteiger partial charge on any atom is 0.227 e. The van der Waals surface area contributed by atoms with Crippen molar-refractivity contribution in [1.82, 2.24) is 5.32 Å². The van der Waals surface area contributed by atoms with Crippen LogP contribution in [0.5, 0.6) is 0 Å². The summed E-state index contributed by atoms with van der Waals surface area (Å²) in [6.45, 7) is 4.25. The van der Waals surface area contributed by atoms with Gasteiger partial charge in [-0.2, -0.15) is 0 Å². The molecule has 1 aliphatic carbocycles. The monoisotopic (exact) mass is 227 g/mol. The Morgan fingerprint density at radius 3 is 2.44 bits per heavy atom. The van der Waals surface area contributed by atoms with Crippen LogP contribution in [0.25, 0.3) is 0 Å². The molecule has 0 aromatic carbocycles. The molecule has 1 atom stereocenters. The number of hydrogen-bond acceptors (Lipinski definition) is 3. The molecule has 0 saturated heterocycles. The molecule has 5 nitrogen and oxygen atoms in total. The minimum absolute atomic E-state index is 0.0400. The predicted octanol–water partition coefficient (Wildman–Crippen LogP) is -0.258. The second kappa shape index (κ2) is 4.82. The van der Waals surface area contributed by atoms with Gasteiger partial charge < -0.3 is 16.8 Å². The first kappa shape index (κ1) is 13.0. The minimum atomic E-state index is -0.411. The first-order chi connectivity index (χ1) is 7.39. The van der Waals surface area contributed by atoms with Crippen LogP contribution in [0, 0.1) is 11.3 Å². The zero-order valence-electron chi connectivity index (χ0n) is 9.95. The maximum absolute atomic E-state index is 12.0. The lowest BCUT2D eigenvalue weighted by Crippen LogP contribution is -2.55. The Kier molecular flexibility index (Phi) is 3.91. The summed E-state index contributed by atoms with van der Waals surface area (Å²) >= 11 is 0. The van der Waals surface area contributed by atoms with Gasteiger partial charge in [-0.1, -0.05) is 6.92 Å². The van der Waals surface area contributed by atoms with Gasteiger partial charge in [-0.05, 0) is 25.7 Å². The van der Waals surface area contributed by atoms with Crippen LogP contribution in [0.15, 0.2) is 0 Å². The fraction of sp³-hybridized carbons (Fsp3) is 0.818. The van der Waals surface area contributed by atoms with Gasteiger partial charge in [0, 0.05) is 19.0 Å². The summed E-state index contributed by atoms with van der Waals surface area (Å²) in [7, 11) is 0. The molecule has 0 aromatic rings. The molecule has 1 aliphatic rings. The lowest BCUT2D eigenvalue weighted by Gasteiger charge is -2.44. The van der Waals surface area contributed by atoms with Gasteiger partial charge in [-0.15, -0.1) is 0 Å². The summed E-state index contributed by atoms with van der Waals surface area (Å²) in [6, 6.07) is -0.218. The maximum atomic E-state index is 12.0. The lowest BCUT2D eigenvalue weighted by atomic mass is 9.62. The third kappa shape index (κ3) is 2.72. The van der Waals surface area contributed by atoms with E-state index >= 15 is 0 Å². The van der Waals surface area contributed by atoms with Gasteiger partial charge in [0.15, 0.2) is 0 Å². The largest absolute Gasteiger partial charge is 0.370 e. The summed E-state index contributed by atoms with van der Waals surface area (Å²) in [6.07, 6.45) is 1.83. The highest BCUT2D eigenvalue weighted by Gasteiger charge is 2.47. The average Bonchev–Trinajstić information content (AvgIpc) is 2.10. The first-order valence-corrected chi connectivity index (χ1v) is 5.69. The number of primary amides is 1. The van der Waals surface area contributed by atoms with Crippen LogP contribution in [0.1, 0.15) is 33.1 Å². The van der Waals surface area contributed by atoms with E-state index in [-0.39, 0.29) is 18.4 Å². The Hall–Kier alpha value is -1.10. The molecule has 5 N–H and O–H groups in total. The minimum Gasteiger partial charge on any atom is -0.370 e. The van der Waals surface area contributed by atoms with E-state index in [9.17, 15) is 9.59 Å². The standard InChI is InChI=1S/C11H21N3O2/c1-7-4-11(5-7,6-12)10(16)14-8(2)3-9(13)15/h7-8H,3-6,12H2,1-2H3,(H2,13,15)(H,14,16). The lowest BCUT2D eigenvalue weighted by molar-refractivity contribution is -0.138. The van der Waals surface area contributed by atoms with Crippen LogP contribution in [-0.4, -0.2) is 24.4 Å². The SMILES string of the molecule is CC1CC(CN)(C(=O)NC(C)CC(N)=O)C1. The quantitative estimate of drug-likeness (QED) is 0.603. The summed E-state index contributed by atoms with van der Waals surface area (Å²) in [5, 5.41) is 2.81. The molecule has 0 aliphatic heterocycles. The van der Waals surface area contributed by atoms with E-state index in [0.29, 0.717) is 12.5 Å². The number of amides is 2. The van der Waals surface area contributed by atoms with Gasteiger partial charge in [0.25, 0.3) is 0 Å². The second-order valence-electron chi connectivity index (χ2n) is 5.04. The van der Waals surface area contributed by atoms with E-state index < -0.39 is 11.3 Å². The molecule has 92 valence electrons. The molecule has 0 radical (unpaired) electrons.